The number of thioether (sulfide) groups is 1. The van der Waals surface area contributed by atoms with Crippen molar-refractivity contribution >= 4 is 17.4 Å². The van der Waals surface area contributed by atoms with Crippen molar-refractivity contribution in [3.8, 4) is 0 Å². The van der Waals surface area contributed by atoms with Crippen LogP contribution < -0.4 is 5.73 Å². The Morgan fingerprint density at radius 3 is 2.64 bits per heavy atom. The second-order valence-electron chi connectivity index (χ2n) is 4.00. The van der Waals surface area contributed by atoms with Crippen molar-refractivity contribution in [3.63, 3.8) is 0 Å². The first kappa shape index (κ1) is 9.91. The van der Waals surface area contributed by atoms with Gasteiger partial charge in [0.1, 0.15) is 0 Å². The quantitative estimate of drug-likeness (QED) is 0.716. The van der Waals surface area contributed by atoms with E-state index in [2.05, 4.69) is 36.9 Å². The van der Waals surface area contributed by atoms with Crippen molar-refractivity contribution in [1.82, 2.24) is 0 Å². The highest BCUT2D eigenvalue weighted by molar-refractivity contribution is 7.99. The minimum atomic E-state index is 0.749. The van der Waals surface area contributed by atoms with Gasteiger partial charge in [-0.05, 0) is 54.4 Å². The van der Waals surface area contributed by atoms with Crippen LogP contribution in [0.2, 0.25) is 0 Å². The van der Waals surface area contributed by atoms with Crippen molar-refractivity contribution in [2.24, 2.45) is 0 Å². The van der Waals surface area contributed by atoms with E-state index in [1.54, 1.807) is 0 Å². The van der Waals surface area contributed by atoms with Gasteiger partial charge >= 0.3 is 0 Å². The first-order valence-electron chi connectivity index (χ1n) is 5.21. The molecule has 0 saturated carbocycles. The molecule has 1 saturated heterocycles. The van der Waals surface area contributed by atoms with Gasteiger partial charge in [0.05, 0.1) is 0 Å². The maximum atomic E-state index is 5.92. The molecule has 0 amide bonds. The Kier molecular flexibility index (Phi) is 3.02. The number of benzene rings is 1. The third-order valence-electron chi connectivity index (χ3n) is 3.00. The zero-order valence-electron chi connectivity index (χ0n) is 8.62. The van der Waals surface area contributed by atoms with Crippen LogP contribution in [0.15, 0.2) is 18.2 Å². The van der Waals surface area contributed by atoms with Gasteiger partial charge in [0.2, 0.25) is 0 Å². The van der Waals surface area contributed by atoms with E-state index < -0.39 is 0 Å². The summed E-state index contributed by atoms with van der Waals surface area (Å²) >= 11 is 2.07. The summed E-state index contributed by atoms with van der Waals surface area (Å²) in [5, 5.41) is 0. The predicted molar refractivity (Wildman–Crippen MR) is 64.9 cm³/mol. The van der Waals surface area contributed by atoms with Gasteiger partial charge in [-0.15, -0.1) is 0 Å². The lowest BCUT2D eigenvalue weighted by molar-refractivity contribution is 0.637. The van der Waals surface area contributed by atoms with E-state index in [4.69, 9.17) is 5.73 Å². The lowest BCUT2D eigenvalue weighted by Gasteiger charge is -2.22. The fraction of sp³-hybridized carbons (Fsp3) is 0.500. The number of rotatable bonds is 1. The van der Waals surface area contributed by atoms with Gasteiger partial charge in [-0.2, -0.15) is 11.8 Å². The van der Waals surface area contributed by atoms with Crippen LogP contribution in [0.4, 0.5) is 5.69 Å². The maximum absolute atomic E-state index is 5.92. The Labute approximate surface area is 90.1 Å². The van der Waals surface area contributed by atoms with Crippen LogP contribution in [-0.4, -0.2) is 11.5 Å². The average Bonchev–Trinajstić information content (AvgIpc) is 2.23. The Morgan fingerprint density at radius 1 is 1.29 bits per heavy atom. The van der Waals surface area contributed by atoms with E-state index in [1.807, 2.05) is 0 Å². The second-order valence-corrected chi connectivity index (χ2v) is 5.23. The van der Waals surface area contributed by atoms with E-state index in [1.165, 1.54) is 35.5 Å². The Hall–Kier alpha value is -0.630. The molecule has 0 spiro atoms. The maximum Gasteiger partial charge on any atom is 0.0346 e. The van der Waals surface area contributed by atoms with Gasteiger partial charge in [-0.25, -0.2) is 0 Å². The molecular formula is C12H17NS. The molecule has 2 N–H and O–H groups in total. The summed E-state index contributed by atoms with van der Waals surface area (Å²) in [5.74, 6) is 3.36. The molecule has 76 valence electrons. The molecule has 14 heavy (non-hydrogen) atoms. The predicted octanol–water partition coefficient (Wildman–Crippen LogP) is 3.19. The number of aryl methyl sites for hydroxylation is 1. The van der Waals surface area contributed by atoms with E-state index in [9.17, 15) is 0 Å². The van der Waals surface area contributed by atoms with E-state index in [0.717, 1.165) is 11.6 Å². The van der Waals surface area contributed by atoms with Gasteiger partial charge < -0.3 is 5.73 Å². The lowest BCUT2D eigenvalue weighted by atomic mass is 9.92. The van der Waals surface area contributed by atoms with Crippen molar-refractivity contribution in [3.05, 3.63) is 29.3 Å². The van der Waals surface area contributed by atoms with Gasteiger partial charge in [0.25, 0.3) is 0 Å². The average molecular weight is 207 g/mol. The molecule has 1 heterocycles. The zero-order valence-corrected chi connectivity index (χ0v) is 9.44. The molecule has 2 rings (SSSR count). The minimum absolute atomic E-state index is 0.749. The van der Waals surface area contributed by atoms with Crippen LogP contribution in [0, 0.1) is 6.92 Å². The molecule has 0 aliphatic carbocycles. The summed E-state index contributed by atoms with van der Waals surface area (Å²) in [4.78, 5) is 0. The summed E-state index contributed by atoms with van der Waals surface area (Å²) < 4.78 is 0. The molecule has 1 nitrogen and oxygen atoms in total. The van der Waals surface area contributed by atoms with Crippen molar-refractivity contribution < 1.29 is 0 Å². The Bertz CT molecular complexity index is 316. The second kappa shape index (κ2) is 4.26. The molecule has 0 unspecified atom stereocenters. The van der Waals surface area contributed by atoms with Crippen LogP contribution in [0.1, 0.15) is 29.9 Å². The summed E-state index contributed by atoms with van der Waals surface area (Å²) in [7, 11) is 0. The van der Waals surface area contributed by atoms with Crippen molar-refractivity contribution in [1.29, 1.82) is 0 Å². The molecule has 0 atom stereocenters. The largest absolute Gasteiger partial charge is 0.399 e. The summed E-state index contributed by atoms with van der Waals surface area (Å²) in [5.41, 5.74) is 9.50. The van der Waals surface area contributed by atoms with Gasteiger partial charge in [0, 0.05) is 5.69 Å². The number of anilines is 1. The number of nitrogen functional groups attached to an aromatic ring is 1. The monoisotopic (exact) mass is 207 g/mol. The van der Waals surface area contributed by atoms with E-state index in [-0.39, 0.29) is 0 Å². The minimum Gasteiger partial charge on any atom is -0.399 e. The standard InChI is InChI=1S/C12H17NS/c1-9-2-3-11(8-12(9)13)10-4-6-14-7-5-10/h2-3,8,10H,4-7,13H2,1H3. The molecule has 1 aliphatic heterocycles. The highest BCUT2D eigenvalue weighted by Crippen LogP contribution is 2.32. The summed E-state index contributed by atoms with van der Waals surface area (Å²) in [6, 6.07) is 6.55. The Balaban J connectivity index is 2.18. The molecule has 1 aliphatic rings. The summed E-state index contributed by atoms with van der Waals surface area (Å²) in [6.45, 7) is 2.07. The lowest BCUT2D eigenvalue weighted by Crippen LogP contribution is -2.08. The first-order valence-corrected chi connectivity index (χ1v) is 6.36. The van der Waals surface area contributed by atoms with Crippen LogP contribution in [0.5, 0.6) is 0 Å². The topological polar surface area (TPSA) is 26.0 Å². The molecule has 0 radical (unpaired) electrons. The molecule has 1 fully saturated rings. The SMILES string of the molecule is Cc1ccc(C2CCSCC2)cc1N. The van der Waals surface area contributed by atoms with Gasteiger partial charge in [-0.3, -0.25) is 0 Å². The number of hydrogen-bond acceptors (Lipinski definition) is 2. The molecular weight excluding hydrogens is 190 g/mol. The highest BCUT2D eigenvalue weighted by atomic mass is 32.2. The third kappa shape index (κ3) is 2.06. The molecule has 2 heteroatoms. The van der Waals surface area contributed by atoms with Crippen LogP contribution in [-0.2, 0) is 0 Å². The van der Waals surface area contributed by atoms with Crippen LogP contribution >= 0.6 is 11.8 Å². The first-order chi connectivity index (χ1) is 6.77. The number of nitrogens with two attached hydrogens (primary N) is 1. The smallest absolute Gasteiger partial charge is 0.0346 e. The Morgan fingerprint density at radius 2 is 2.00 bits per heavy atom. The normalized spacial score (nSPS) is 18.4. The van der Waals surface area contributed by atoms with Crippen molar-refractivity contribution in [2.75, 3.05) is 17.2 Å². The van der Waals surface area contributed by atoms with Crippen molar-refractivity contribution in [2.45, 2.75) is 25.7 Å². The molecule has 0 aromatic heterocycles. The number of hydrogen-bond donors (Lipinski definition) is 1. The molecule has 1 aromatic carbocycles. The van der Waals surface area contributed by atoms with Gasteiger partial charge in [-0.1, -0.05) is 12.1 Å². The zero-order chi connectivity index (χ0) is 9.97. The fourth-order valence-electron chi connectivity index (χ4n) is 1.94. The summed E-state index contributed by atoms with van der Waals surface area (Å²) in [6.07, 6.45) is 2.63. The third-order valence-corrected chi connectivity index (χ3v) is 4.04. The van der Waals surface area contributed by atoms with Crippen LogP contribution in [0.25, 0.3) is 0 Å². The molecule has 1 aromatic rings. The van der Waals surface area contributed by atoms with Gasteiger partial charge in [0.15, 0.2) is 0 Å². The van der Waals surface area contributed by atoms with E-state index >= 15 is 0 Å². The molecule has 0 bridgehead atoms. The van der Waals surface area contributed by atoms with Crippen LogP contribution in [0.3, 0.4) is 0 Å². The highest BCUT2D eigenvalue weighted by Gasteiger charge is 2.15. The van der Waals surface area contributed by atoms with E-state index in [0.29, 0.717) is 0 Å². The fourth-order valence-corrected chi connectivity index (χ4v) is 3.05.